The molecule has 3 N–H and O–H groups in total. The van der Waals surface area contributed by atoms with Gasteiger partial charge in [0.2, 0.25) is 0 Å². The van der Waals surface area contributed by atoms with E-state index in [1.807, 2.05) is 14.0 Å². The molecule has 1 amide bonds. The summed E-state index contributed by atoms with van der Waals surface area (Å²) < 4.78 is 12.7. The zero-order valence-corrected chi connectivity index (χ0v) is 12.7. The Balaban J connectivity index is 2.25. The molecule has 8 heteroatoms. The highest BCUT2D eigenvalue weighted by atomic mass is 32.2. The number of nitrogens with two attached hydrogens (primary N) is 1. The fourth-order valence-electron chi connectivity index (χ4n) is 1.89. The van der Waals surface area contributed by atoms with E-state index in [0.717, 1.165) is 15.9 Å². The van der Waals surface area contributed by atoms with Crippen LogP contribution in [0.5, 0.6) is 0 Å². The third kappa shape index (κ3) is 2.64. The number of anilines is 1. The number of aryl methyl sites for hydroxylation is 2. The summed E-state index contributed by atoms with van der Waals surface area (Å²) in [6, 6.07) is 0. The molecule has 1 atom stereocenters. The molecule has 6 nitrogen and oxygen atoms in total. The van der Waals surface area contributed by atoms with Crippen molar-refractivity contribution in [2.45, 2.75) is 6.92 Å². The van der Waals surface area contributed by atoms with E-state index in [4.69, 9.17) is 5.73 Å². The molecule has 0 aromatic carbocycles. The SMILES string of the molecule is Cc1nn(C)c2sc(C(=O)NCCS(C)=O)c(N)c12. The number of fused-ring (bicyclic) bond motifs is 1. The van der Waals surface area contributed by atoms with Crippen LogP contribution in [0.2, 0.25) is 0 Å². The second kappa shape index (κ2) is 5.30. The Morgan fingerprint density at radius 2 is 2.26 bits per heavy atom. The minimum atomic E-state index is -0.915. The van der Waals surface area contributed by atoms with Crippen LogP contribution in [0.1, 0.15) is 15.4 Å². The van der Waals surface area contributed by atoms with E-state index in [1.54, 1.807) is 10.9 Å². The van der Waals surface area contributed by atoms with E-state index in [0.29, 0.717) is 22.9 Å². The number of aromatic nitrogens is 2. The number of carbonyl (C=O) groups is 1. The fraction of sp³-hybridized carbons (Fsp3) is 0.455. The summed E-state index contributed by atoms with van der Waals surface area (Å²) in [4.78, 5) is 13.4. The molecule has 0 aliphatic rings. The first-order valence-electron chi connectivity index (χ1n) is 5.71. The minimum Gasteiger partial charge on any atom is -0.397 e. The Hall–Kier alpha value is -1.41. The summed E-state index contributed by atoms with van der Waals surface area (Å²) in [6.45, 7) is 2.25. The number of nitrogens with zero attached hydrogens (tertiary/aromatic N) is 2. The summed E-state index contributed by atoms with van der Waals surface area (Å²) in [5.41, 5.74) is 7.31. The van der Waals surface area contributed by atoms with Gasteiger partial charge in [-0.25, -0.2) is 0 Å². The van der Waals surface area contributed by atoms with E-state index in [9.17, 15) is 9.00 Å². The maximum atomic E-state index is 12.0. The minimum absolute atomic E-state index is 0.219. The molecule has 0 bridgehead atoms. The van der Waals surface area contributed by atoms with Crippen LogP contribution in [-0.2, 0) is 17.8 Å². The van der Waals surface area contributed by atoms with Gasteiger partial charge in [-0.3, -0.25) is 13.7 Å². The topological polar surface area (TPSA) is 90.0 Å². The van der Waals surface area contributed by atoms with Crippen molar-refractivity contribution in [2.75, 3.05) is 24.3 Å². The van der Waals surface area contributed by atoms with Gasteiger partial charge < -0.3 is 11.1 Å². The molecule has 0 saturated carbocycles. The predicted molar refractivity (Wildman–Crippen MR) is 79.0 cm³/mol. The lowest BCUT2D eigenvalue weighted by molar-refractivity contribution is 0.0961. The van der Waals surface area contributed by atoms with Crippen molar-refractivity contribution in [3.05, 3.63) is 10.6 Å². The smallest absolute Gasteiger partial charge is 0.263 e. The van der Waals surface area contributed by atoms with Crippen molar-refractivity contribution in [1.29, 1.82) is 0 Å². The van der Waals surface area contributed by atoms with Crippen LogP contribution < -0.4 is 11.1 Å². The van der Waals surface area contributed by atoms with Gasteiger partial charge in [0.25, 0.3) is 5.91 Å². The summed E-state index contributed by atoms with van der Waals surface area (Å²) in [5, 5.41) is 7.85. The zero-order valence-electron chi connectivity index (χ0n) is 11.0. The zero-order chi connectivity index (χ0) is 14.2. The fourth-order valence-corrected chi connectivity index (χ4v) is 3.38. The summed E-state index contributed by atoms with van der Waals surface area (Å²) in [6.07, 6.45) is 1.61. The van der Waals surface area contributed by atoms with Crippen LogP contribution in [0.25, 0.3) is 10.2 Å². The molecule has 2 heterocycles. The summed E-state index contributed by atoms with van der Waals surface area (Å²) in [5.74, 6) is 0.223. The number of nitrogen functional groups attached to an aromatic ring is 1. The Morgan fingerprint density at radius 3 is 2.84 bits per heavy atom. The Bertz CT molecular complexity index is 659. The summed E-state index contributed by atoms with van der Waals surface area (Å²) >= 11 is 1.33. The van der Waals surface area contributed by atoms with Gasteiger partial charge in [0.05, 0.1) is 16.8 Å². The third-order valence-corrected chi connectivity index (χ3v) is 4.81. The lowest BCUT2D eigenvalue weighted by Crippen LogP contribution is -2.27. The molecule has 0 fully saturated rings. The van der Waals surface area contributed by atoms with Crippen LogP contribution >= 0.6 is 11.3 Å². The van der Waals surface area contributed by atoms with Crippen molar-refractivity contribution in [2.24, 2.45) is 7.05 Å². The highest BCUT2D eigenvalue weighted by Gasteiger charge is 2.20. The average molecular weight is 300 g/mol. The van der Waals surface area contributed by atoms with Crippen molar-refractivity contribution in [3.8, 4) is 0 Å². The van der Waals surface area contributed by atoms with E-state index >= 15 is 0 Å². The highest BCUT2D eigenvalue weighted by Crippen LogP contribution is 2.35. The van der Waals surface area contributed by atoms with Crippen molar-refractivity contribution in [3.63, 3.8) is 0 Å². The molecule has 19 heavy (non-hydrogen) atoms. The molecule has 0 saturated heterocycles. The number of amides is 1. The standard InChI is InChI=1S/C11H16N4O2S2/c1-6-7-8(12)9(18-11(7)15(2)14-6)10(16)13-4-5-19(3)17/h4-5,12H2,1-3H3,(H,13,16). The molecule has 0 radical (unpaired) electrons. The van der Waals surface area contributed by atoms with Gasteiger partial charge in [-0.2, -0.15) is 5.10 Å². The Kier molecular flexibility index (Phi) is 3.91. The predicted octanol–water partition coefficient (Wildman–Crippen LogP) is 0.634. The van der Waals surface area contributed by atoms with Gasteiger partial charge in [0.1, 0.15) is 9.71 Å². The molecular weight excluding hydrogens is 284 g/mol. The second-order valence-corrected chi connectivity index (χ2v) is 6.82. The number of nitrogens with one attached hydrogen (secondary N) is 1. The van der Waals surface area contributed by atoms with Crippen molar-refractivity contribution >= 4 is 43.9 Å². The van der Waals surface area contributed by atoms with Crippen molar-refractivity contribution < 1.29 is 9.00 Å². The molecule has 2 aromatic heterocycles. The lowest BCUT2D eigenvalue weighted by Gasteiger charge is -2.02. The van der Waals surface area contributed by atoms with Crippen LogP contribution in [-0.4, -0.2) is 38.4 Å². The van der Waals surface area contributed by atoms with Gasteiger partial charge in [-0.15, -0.1) is 11.3 Å². The normalized spacial score (nSPS) is 12.8. The van der Waals surface area contributed by atoms with Gasteiger partial charge in [-0.05, 0) is 6.92 Å². The van der Waals surface area contributed by atoms with E-state index < -0.39 is 10.8 Å². The first-order chi connectivity index (χ1) is 8.91. The Labute approximate surface area is 117 Å². The van der Waals surface area contributed by atoms with E-state index in [2.05, 4.69) is 10.4 Å². The van der Waals surface area contributed by atoms with Crippen LogP contribution in [0.15, 0.2) is 0 Å². The molecule has 2 rings (SSSR count). The summed E-state index contributed by atoms with van der Waals surface area (Å²) in [7, 11) is 0.912. The number of rotatable bonds is 4. The first kappa shape index (κ1) is 14.0. The van der Waals surface area contributed by atoms with Gasteiger partial charge in [-0.1, -0.05) is 0 Å². The van der Waals surface area contributed by atoms with Gasteiger partial charge in [0, 0.05) is 36.4 Å². The van der Waals surface area contributed by atoms with Gasteiger partial charge >= 0.3 is 0 Å². The molecule has 2 aromatic rings. The average Bonchev–Trinajstić information content (AvgIpc) is 2.79. The van der Waals surface area contributed by atoms with Crippen LogP contribution in [0.4, 0.5) is 5.69 Å². The Morgan fingerprint density at radius 1 is 1.58 bits per heavy atom. The molecule has 0 spiro atoms. The van der Waals surface area contributed by atoms with Gasteiger partial charge in [0.15, 0.2) is 0 Å². The molecule has 0 aliphatic heterocycles. The largest absolute Gasteiger partial charge is 0.397 e. The number of hydrogen-bond acceptors (Lipinski definition) is 5. The van der Waals surface area contributed by atoms with E-state index in [1.165, 1.54) is 11.3 Å². The maximum absolute atomic E-state index is 12.0. The second-order valence-electron chi connectivity index (χ2n) is 4.27. The molecule has 1 unspecified atom stereocenters. The number of thiophene rings is 1. The monoisotopic (exact) mass is 300 g/mol. The molecule has 0 aliphatic carbocycles. The number of carbonyl (C=O) groups excluding carboxylic acids is 1. The van der Waals surface area contributed by atoms with Crippen LogP contribution in [0.3, 0.4) is 0 Å². The third-order valence-electron chi connectivity index (χ3n) is 2.76. The molecular formula is C11H16N4O2S2. The van der Waals surface area contributed by atoms with E-state index in [-0.39, 0.29) is 5.91 Å². The highest BCUT2D eigenvalue weighted by molar-refractivity contribution is 7.84. The van der Waals surface area contributed by atoms with Crippen LogP contribution in [0, 0.1) is 6.92 Å². The quantitative estimate of drug-likeness (QED) is 0.867. The molecule has 104 valence electrons. The van der Waals surface area contributed by atoms with Crippen molar-refractivity contribution in [1.82, 2.24) is 15.1 Å². The first-order valence-corrected chi connectivity index (χ1v) is 8.26. The lowest BCUT2D eigenvalue weighted by atomic mass is 10.2. The maximum Gasteiger partial charge on any atom is 0.263 e. The number of hydrogen-bond donors (Lipinski definition) is 2.